The Balaban J connectivity index is 1.53. The van der Waals surface area contributed by atoms with Crippen LogP contribution in [0.2, 0.25) is 0 Å². The Morgan fingerprint density at radius 3 is 2.17 bits per heavy atom. The average molecular weight is 418 g/mol. The Bertz CT molecular complexity index is 780. The molecule has 8 heteroatoms. The van der Waals surface area contributed by atoms with E-state index in [1.807, 2.05) is 18.7 Å². The summed E-state index contributed by atoms with van der Waals surface area (Å²) in [6.07, 6.45) is 1.67. The first-order chi connectivity index (χ1) is 14.3. The van der Waals surface area contributed by atoms with Gasteiger partial charge in [0.05, 0.1) is 20.1 Å². The van der Waals surface area contributed by atoms with Crippen molar-refractivity contribution in [1.82, 2.24) is 15.1 Å². The number of nitrogens with one attached hydrogen (secondary N) is 1. The molecule has 0 aliphatic carbocycles. The number of piperidine rings is 1. The topological polar surface area (TPSA) is 88.2 Å². The van der Waals surface area contributed by atoms with Crippen molar-refractivity contribution in [3.05, 3.63) is 23.8 Å². The minimum absolute atomic E-state index is 0.00359. The normalized spacial score (nSPS) is 19.9. The number of hydrogen-bond acceptors (Lipinski definition) is 5. The number of rotatable bonds is 6. The smallest absolute Gasteiger partial charge is 0.251 e. The number of ether oxygens (including phenoxy) is 2. The molecule has 1 aromatic rings. The van der Waals surface area contributed by atoms with Crippen LogP contribution in [0.5, 0.6) is 11.5 Å². The summed E-state index contributed by atoms with van der Waals surface area (Å²) in [6.45, 7) is 5.60. The standard InChI is InChI=1S/C22H31N3O5/c1-14(2)25-13-16(11-20(25)26)22(28)24-7-5-17(6-8-24)23-21(27)15-9-18(29-3)12-19(10-15)30-4/h9-10,12,14,16-17H,5-8,11,13H2,1-4H3,(H,23,27). The highest BCUT2D eigenvalue weighted by atomic mass is 16.5. The van der Waals surface area contributed by atoms with Crippen LogP contribution < -0.4 is 14.8 Å². The molecule has 0 spiro atoms. The van der Waals surface area contributed by atoms with Gasteiger partial charge in [-0.1, -0.05) is 0 Å². The maximum atomic E-state index is 12.8. The van der Waals surface area contributed by atoms with E-state index >= 15 is 0 Å². The van der Waals surface area contributed by atoms with Crippen molar-refractivity contribution in [1.29, 1.82) is 0 Å². The van der Waals surface area contributed by atoms with Crippen LogP contribution in [0.15, 0.2) is 18.2 Å². The first kappa shape index (κ1) is 21.9. The molecule has 1 unspecified atom stereocenters. The van der Waals surface area contributed by atoms with Crippen LogP contribution in [-0.4, -0.2) is 73.5 Å². The van der Waals surface area contributed by atoms with Gasteiger partial charge in [0.1, 0.15) is 11.5 Å². The third-order valence-electron chi connectivity index (χ3n) is 5.89. The van der Waals surface area contributed by atoms with E-state index in [0.29, 0.717) is 56.0 Å². The summed E-state index contributed by atoms with van der Waals surface area (Å²) in [4.78, 5) is 41.2. The van der Waals surface area contributed by atoms with E-state index in [1.165, 1.54) is 0 Å². The maximum Gasteiger partial charge on any atom is 0.251 e. The van der Waals surface area contributed by atoms with Gasteiger partial charge in [0, 0.05) is 49.8 Å². The zero-order valence-corrected chi connectivity index (χ0v) is 18.1. The van der Waals surface area contributed by atoms with Crippen LogP contribution >= 0.6 is 0 Å². The van der Waals surface area contributed by atoms with Gasteiger partial charge in [-0.05, 0) is 38.8 Å². The Morgan fingerprint density at radius 1 is 1.07 bits per heavy atom. The third kappa shape index (κ3) is 4.86. The molecule has 3 amide bonds. The molecule has 164 valence electrons. The van der Waals surface area contributed by atoms with Crippen LogP contribution in [0.4, 0.5) is 0 Å². The molecule has 1 aromatic carbocycles. The van der Waals surface area contributed by atoms with Gasteiger partial charge in [0.2, 0.25) is 11.8 Å². The zero-order chi connectivity index (χ0) is 21.8. The van der Waals surface area contributed by atoms with Crippen molar-refractivity contribution >= 4 is 17.7 Å². The van der Waals surface area contributed by atoms with E-state index in [0.717, 1.165) is 0 Å². The third-order valence-corrected chi connectivity index (χ3v) is 5.89. The summed E-state index contributed by atoms with van der Waals surface area (Å²) in [7, 11) is 3.09. The highest BCUT2D eigenvalue weighted by Crippen LogP contribution is 2.25. The number of carbonyl (C=O) groups is 3. The second kappa shape index (κ2) is 9.36. The minimum atomic E-state index is -0.254. The van der Waals surface area contributed by atoms with Crippen molar-refractivity contribution in [2.24, 2.45) is 5.92 Å². The fourth-order valence-electron chi connectivity index (χ4n) is 4.11. The Kier molecular flexibility index (Phi) is 6.84. The van der Waals surface area contributed by atoms with Gasteiger partial charge in [0.25, 0.3) is 5.91 Å². The molecule has 30 heavy (non-hydrogen) atoms. The molecular weight excluding hydrogens is 386 g/mol. The van der Waals surface area contributed by atoms with E-state index in [4.69, 9.17) is 9.47 Å². The summed E-state index contributed by atoms with van der Waals surface area (Å²) in [5.41, 5.74) is 0.475. The summed E-state index contributed by atoms with van der Waals surface area (Å²) in [5, 5.41) is 3.05. The molecule has 2 aliphatic rings. The Labute approximate surface area is 177 Å². The predicted molar refractivity (Wildman–Crippen MR) is 112 cm³/mol. The molecule has 0 bridgehead atoms. The monoisotopic (exact) mass is 417 g/mol. The summed E-state index contributed by atoms with van der Waals surface area (Å²) >= 11 is 0. The number of nitrogens with zero attached hydrogens (tertiary/aromatic N) is 2. The van der Waals surface area contributed by atoms with Crippen molar-refractivity contribution in [3.8, 4) is 11.5 Å². The highest BCUT2D eigenvalue weighted by molar-refractivity contribution is 5.95. The largest absolute Gasteiger partial charge is 0.497 e. The van der Waals surface area contributed by atoms with Crippen LogP contribution in [0.25, 0.3) is 0 Å². The van der Waals surface area contributed by atoms with Gasteiger partial charge >= 0.3 is 0 Å². The molecule has 2 aliphatic heterocycles. The van der Waals surface area contributed by atoms with E-state index in [1.54, 1.807) is 37.3 Å². The summed E-state index contributed by atoms with van der Waals surface area (Å²) in [6, 6.07) is 5.18. The van der Waals surface area contributed by atoms with Gasteiger partial charge in [-0.3, -0.25) is 14.4 Å². The molecule has 1 N–H and O–H groups in total. The van der Waals surface area contributed by atoms with Crippen molar-refractivity contribution < 1.29 is 23.9 Å². The number of hydrogen-bond donors (Lipinski definition) is 1. The Morgan fingerprint density at radius 2 is 1.67 bits per heavy atom. The first-order valence-electron chi connectivity index (χ1n) is 10.4. The molecule has 2 fully saturated rings. The van der Waals surface area contributed by atoms with Crippen LogP contribution in [-0.2, 0) is 9.59 Å². The fraction of sp³-hybridized carbons (Fsp3) is 0.591. The lowest BCUT2D eigenvalue weighted by Gasteiger charge is -2.34. The molecular formula is C22H31N3O5. The lowest BCUT2D eigenvalue weighted by molar-refractivity contribution is -0.136. The molecule has 1 atom stereocenters. The van der Waals surface area contributed by atoms with Gasteiger partial charge in [0.15, 0.2) is 0 Å². The van der Waals surface area contributed by atoms with Crippen molar-refractivity contribution in [2.45, 2.75) is 45.2 Å². The molecule has 3 rings (SSSR count). The average Bonchev–Trinajstić information content (AvgIpc) is 3.15. The SMILES string of the molecule is COc1cc(OC)cc(C(=O)NC2CCN(C(=O)C3CC(=O)N(C(C)C)C3)CC2)c1. The second-order valence-electron chi connectivity index (χ2n) is 8.22. The number of amides is 3. The summed E-state index contributed by atoms with van der Waals surface area (Å²) < 4.78 is 10.4. The Hall–Kier alpha value is -2.77. The van der Waals surface area contributed by atoms with E-state index < -0.39 is 0 Å². The minimum Gasteiger partial charge on any atom is -0.497 e. The highest BCUT2D eigenvalue weighted by Gasteiger charge is 2.38. The van der Waals surface area contributed by atoms with Crippen LogP contribution in [0.1, 0.15) is 43.5 Å². The van der Waals surface area contributed by atoms with Crippen LogP contribution in [0.3, 0.4) is 0 Å². The summed E-state index contributed by atoms with van der Waals surface area (Å²) in [5.74, 6) is 0.775. The number of likely N-dealkylation sites (tertiary alicyclic amines) is 2. The number of carbonyl (C=O) groups excluding carboxylic acids is 3. The zero-order valence-electron chi connectivity index (χ0n) is 18.1. The molecule has 0 saturated carbocycles. The van der Waals surface area contributed by atoms with Gasteiger partial charge in [-0.25, -0.2) is 0 Å². The lowest BCUT2D eigenvalue weighted by atomic mass is 10.0. The predicted octanol–water partition coefficient (Wildman–Crippen LogP) is 1.68. The number of benzene rings is 1. The van der Waals surface area contributed by atoms with E-state index in [2.05, 4.69) is 5.32 Å². The molecule has 0 radical (unpaired) electrons. The van der Waals surface area contributed by atoms with E-state index in [9.17, 15) is 14.4 Å². The van der Waals surface area contributed by atoms with E-state index in [-0.39, 0.29) is 35.7 Å². The van der Waals surface area contributed by atoms with Crippen molar-refractivity contribution in [2.75, 3.05) is 33.9 Å². The molecule has 0 aromatic heterocycles. The molecule has 2 saturated heterocycles. The number of methoxy groups -OCH3 is 2. The molecule has 2 heterocycles. The maximum absolute atomic E-state index is 12.8. The second-order valence-corrected chi connectivity index (χ2v) is 8.22. The fourth-order valence-corrected chi connectivity index (χ4v) is 4.11. The van der Waals surface area contributed by atoms with Gasteiger partial charge in [-0.15, -0.1) is 0 Å². The lowest BCUT2D eigenvalue weighted by Crippen LogP contribution is -2.48. The van der Waals surface area contributed by atoms with Gasteiger partial charge < -0.3 is 24.6 Å². The van der Waals surface area contributed by atoms with Crippen molar-refractivity contribution in [3.63, 3.8) is 0 Å². The van der Waals surface area contributed by atoms with Crippen LogP contribution in [0, 0.1) is 5.92 Å². The quantitative estimate of drug-likeness (QED) is 0.761. The first-order valence-corrected chi connectivity index (χ1v) is 10.4. The molecule has 8 nitrogen and oxygen atoms in total. The van der Waals surface area contributed by atoms with Gasteiger partial charge in [-0.2, -0.15) is 0 Å².